The second-order valence-corrected chi connectivity index (χ2v) is 6.45. The van der Waals surface area contributed by atoms with Gasteiger partial charge in [-0.15, -0.1) is 11.3 Å². The van der Waals surface area contributed by atoms with E-state index < -0.39 is 0 Å². The molecule has 0 atom stereocenters. The van der Waals surface area contributed by atoms with Gasteiger partial charge in [0.25, 0.3) is 5.91 Å². The lowest BCUT2D eigenvalue weighted by Gasteiger charge is -2.16. The summed E-state index contributed by atoms with van der Waals surface area (Å²) in [5, 5.41) is 2.80. The molecule has 1 aromatic heterocycles. The van der Waals surface area contributed by atoms with Gasteiger partial charge in [-0.2, -0.15) is 0 Å². The van der Waals surface area contributed by atoms with E-state index >= 15 is 0 Å². The van der Waals surface area contributed by atoms with Crippen LogP contribution >= 0.6 is 11.3 Å². The lowest BCUT2D eigenvalue weighted by atomic mass is 10.2. The van der Waals surface area contributed by atoms with Gasteiger partial charge in [0, 0.05) is 24.3 Å². The molecule has 0 bridgehead atoms. The Bertz CT molecular complexity index is 764. The first-order valence-corrected chi connectivity index (χ1v) is 8.19. The standard InChI is InChI=1S/C17H16N2O3S/c1-11(20)14-8-9-15(23-14)17(22)18-12-4-6-13(7-5-12)19-10-2-3-16(19)21/h4-9H,2-3,10H2,1H3,(H,18,22). The summed E-state index contributed by atoms with van der Waals surface area (Å²) in [5.41, 5.74) is 1.50. The molecule has 1 N–H and O–H groups in total. The molecular weight excluding hydrogens is 312 g/mol. The summed E-state index contributed by atoms with van der Waals surface area (Å²) in [6.07, 6.45) is 1.48. The Morgan fingerprint density at radius 3 is 2.35 bits per heavy atom. The molecule has 1 aliphatic rings. The second-order valence-electron chi connectivity index (χ2n) is 5.37. The molecule has 1 aliphatic heterocycles. The maximum atomic E-state index is 12.2. The fraction of sp³-hybridized carbons (Fsp3) is 0.235. The zero-order valence-electron chi connectivity index (χ0n) is 12.7. The van der Waals surface area contributed by atoms with Crippen LogP contribution in [-0.4, -0.2) is 24.1 Å². The van der Waals surface area contributed by atoms with E-state index in [-0.39, 0.29) is 17.6 Å². The number of nitrogens with one attached hydrogen (secondary N) is 1. The highest BCUT2D eigenvalue weighted by molar-refractivity contribution is 7.16. The molecule has 23 heavy (non-hydrogen) atoms. The predicted octanol–water partition coefficient (Wildman–Crippen LogP) is 3.33. The minimum absolute atomic E-state index is 0.0475. The number of rotatable bonds is 4. The molecule has 0 spiro atoms. The molecule has 6 heteroatoms. The van der Waals surface area contributed by atoms with Crippen LogP contribution in [0.5, 0.6) is 0 Å². The number of carbonyl (C=O) groups excluding carboxylic acids is 3. The first-order valence-electron chi connectivity index (χ1n) is 7.37. The summed E-state index contributed by atoms with van der Waals surface area (Å²) in [6, 6.07) is 10.5. The van der Waals surface area contributed by atoms with Gasteiger partial charge in [-0.1, -0.05) is 0 Å². The number of anilines is 2. The van der Waals surface area contributed by atoms with Gasteiger partial charge >= 0.3 is 0 Å². The van der Waals surface area contributed by atoms with Crippen LogP contribution < -0.4 is 10.2 Å². The molecular formula is C17H16N2O3S. The number of thiophene rings is 1. The molecule has 2 amide bonds. The Morgan fingerprint density at radius 2 is 1.78 bits per heavy atom. The van der Waals surface area contributed by atoms with Crippen LogP contribution in [-0.2, 0) is 4.79 Å². The third-order valence-electron chi connectivity index (χ3n) is 3.69. The highest BCUT2D eigenvalue weighted by Gasteiger charge is 2.21. The van der Waals surface area contributed by atoms with Crippen molar-refractivity contribution in [1.82, 2.24) is 0 Å². The zero-order valence-corrected chi connectivity index (χ0v) is 13.5. The van der Waals surface area contributed by atoms with E-state index in [1.165, 1.54) is 18.3 Å². The first-order chi connectivity index (χ1) is 11.0. The van der Waals surface area contributed by atoms with Gasteiger partial charge in [0.2, 0.25) is 5.91 Å². The Balaban J connectivity index is 1.68. The van der Waals surface area contributed by atoms with Crippen LogP contribution in [0.25, 0.3) is 0 Å². The van der Waals surface area contributed by atoms with Gasteiger partial charge < -0.3 is 10.2 Å². The van der Waals surface area contributed by atoms with Crippen molar-refractivity contribution >= 4 is 40.3 Å². The molecule has 0 unspecified atom stereocenters. The Hall–Kier alpha value is -2.47. The van der Waals surface area contributed by atoms with Gasteiger partial charge in [-0.05, 0) is 49.7 Å². The summed E-state index contributed by atoms with van der Waals surface area (Å²) < 4.78 is 0. The maximum absolute atomic E-state index is 12.2. The highest BCUT2D eigenvalue weighted by atomic mass is 32.1. The van der Waals surface area contributed by atoms with Crippen molar-refractivity contribution < 1.29 is 14.4 Å². The van der Waals surface area contributed by atoms with Crippen molar-refractivity contribution in [1.29, 1.82) is 0 Å². The van der Waals surface area contributed by atoms with Crippen molar-refractivity contribution in [2.24, 2.45) is 0 Å². The van der Waals surface area contributed by atoms with Crippen LogP contribution in [0.1, 0.15) is 39.1 Å². The second kappa shape index (κ2) is 6.34. The minimum atomic E-state index is -0.243. The number of hydrogen-bond acceptors (Lipinski definition) is 4. The van der Waals surface area contributed by atoms with E-state index in [1.54, 1.807) is 29.2 Å². The van der Waals surface area contributed by atoms with Gasteiger partial charge in [0.15, 0.2) is 5.78 Å². The molecule has 3 rings (SSSR count). The lowest BCUT2D eigenvalue weighted by Crippen LogP contribution is -2.23. The van der Waals surface area contributed by atoms with Crippen molar-refractivity contribution in [2.45, 2.75) is 19.8 Å². The van der Waals surface area contributed by atoms with Crippen molar-refractivity contribution in [3.63, 3.8) is 0 Å². The van der Waals surface area contributed by atoms with Gasteiger partial charge in [0.05, 0.1) is 9.75 Å². The third-order valence-corrected chi connectivity index (χ3v) is 4.87. The number of amides is 2. The van der Waals surface area contributed by atoms with E-state index in [4.69, 9.17) is 0 Å². The van der Waals surface area contributed by atoms with E-state index in [0.29, 0.717) is 21.9 Å². The molecule has 0 aliphatic carbocycles. The van der Waals surface area contributed by atoms with Crippen LogP contribution in [0.3, 0.4) is 0 Å². The SMILES string of the molecule is CC(=O)c1ccc(C(=O)Nc2ccc(N3CCCC3=O)cc2)s1. The molecule has 5 nitrogen and oxygen atoms in total. The molecule has 2 aromatic rings. The van der Waals surface area contributed by atoms with Crippen molar-refractivity contribution in [3.05, 3.63) is 46.2 Å². The van der Waals surface area contributed by atoms with Crippen LogP contribution in [0.15, 0.2) is 36.4 Å². The molecule has 1 saturated heterocycles. The van der Waals surface area contributed by atoms with E-state index in [1.807, 2.05) is 12.1 Å². The summed E-state index contributed by atoms with van der Waals surface area (Å²) in [4.78, 5) is 38.0. The molecule has 2 heterocycles. The maximum Gasteiger partial charge on any atom is 0.265 e. The molecule has 0 saturated carbocycles. The average molecular weight is 328 g/mol. The molecule has 118 valence electrons. The fourth-order valence-corrected chi connectivity index (χ4v) is 3.28. The Kier molecular flexibility index (Phi) is 4.25. The summed E-state index contributed by atoms with van der Waals surface area (Å²) >= 11 is 1.18. The Labute approximate surface area is 137 Å². The van der Waals surface area contributed by atoms with Crippen LogP contribution in [0.2, 0.25) is 0 Å². The lowest BCUT2D eigenvalue weighted by molar-refractivity contribution is -0.117. The summed E-state index contributed by atoms with van der Waals surface area (Å²) in [5.74, 6) is -0.154. The predicted molar refractivity (Wildman–Crippen MR) is 90.3 cm³/mol. The number of ketones is 1. The van der Waals surface area contributed by atoms with Crippen molar-refractivity contribution in [3.8, 4) is 0 Å². The van der Waals surface area contributed by atoms with Crippen molar-refractivity contribution in [2.75, 3.05) is 16.8 Å². The van der Waals surface area contributed by atoms with E-state index in [2.05, 4.69) is 5.32 Å². The normalized spacial score (nSPS) is 14.1. The molecule has 1 fully saturated rings. The number of benzene rings is 1. The van der Waals surface area contributed by atoms with Gasteiger partial charge in [-0.25, -0.2) is 0 Å². The Morgan fingerprint density at radius 1 is 1.09 bits per heavy atom. The number of hydrogen-bond donors (Lipinski definition) is 1. The van der Waals surface area contributed by atoms with Crippen LogP contribution in [0, 0.1) is 0 Å². The third kappa shape index (κ3) is 3.32. The average Bonchev–Trinajstić information content (AvgIpc) is 3.17. The van der Waals surface area contributed by atoms with E-state index in [9.17, 15) is 14.4 Å². The fourth-order valence-electron chi connectivity index (χ4n) is 2.49. The number of carbonyl (C=O) groups is 3. The highest BCUT2D eigenvalue weighted by Crippen LogP contribution is 2.24. The zero-order chi connectivity index (χ0) is 16.4. The van der Waals surface area contributed by atoms with Crippen LogP contribution in [0.4, 0.5) is 11.4 Å². The first kappa shape index (κ1) is 15.4. The largest absolute Gasteiger partial charge is 0.321 e. The number of Topliss-reactive ketones (excluding diaryl/α,β-unsaturated/α-hetero) is 1. The van der Waals surface area contributed by atoms with Gasteiger partial charge in [0.1, 0.15) is 0 Å². The monoisotopic (exact) mass is 328 g/mol. The minimum Gasteiger partial charge on any atom is -0.321 e. The quantitative estimate of drug-likeness (QED) is 0.876. The molecule has 0 radical (unpaired) electrons. The van der Waals surface area contributed by atoms with Gasteiger partial charge in [-0.3, -0.25) is 14.4 Å². The summed E-state index contributed by atoms with van der Waals surface area (Å²) in [6.45, 7) is 2.22. The summed E-state index contributed by atoms with van der Waals surface area (Å²) in [7, 11) is 0. The molecule has 1 aromatic carbocycles. The smallest absolute Gasteiger partial charge is 0.265 e. The van der Waals surface area contributed by atoms with E-state index in [0.717, 1.165) is 18.7 Å². The topological polar surface area (TPSA) is 66.5 Å². The number of nitrogens with zero attached hydrogens (tertiary/aromatic N) is 1.